The number of halogens is 2. The quantitative estimate of drug-likeness (QED) is 0.481. The highest BCUT2D eigenvalue weighted by Crippen LogP contribution is 2.31. The first-order valence-corrected chi connectivity index (χ1v) is 10.1. The first kappa shape index (κ1) is 19.4. The van der Waals surface area contributed by atoms with Crippen molar-refractivity contribution in [1.82, 2.24) is 24.8 Å². The zero-order valence-electron chi connectivity index (χ0n) is 16.5. The maximum atomic E-state index is 13.5. The fourth-order valence-electron chi connectivity index (χ4n) is 3.81. The van der Waals surface area contributed by atoms with Crippen LogP contribution in [0.4, 0.5) is 4.39 Å². The number of amides is 1. The van der Waals surface area contributed by atoms with Crippen molar-refractivity contribution in [2.75, 3.05) is 6.54 Å². The van der Waals surface area contributed by atoms with Gasteiger partial charge >= 0.3 is 0 Å². The fourth-order valence-corrected chi connectivity index (χ4v) is 4.00. The number of benzene rings is 2. The minimum absolute atomic E-state index is 0.103. The second-order valence-corrected chi connectivity index (χ2v) is 7.75. The van der Waals surface area contributed by atoms with Gasteiger partial charge in [0.25, 0.3) is 11.8 Å². The van der Waals surface area contributed by atoms with E-state index in [2.05, 4.69) is 15.2 Å². The molecule has 0 unspecified atom stereocenters. The third-order valence-electron chi connectivity index (χ3n) is 5.31. The summed E-state index contributed by atoms with van der Waals surface area (Å²) in [6.45, 7) is 0.928. The lowest BCUT2D eigenvalue weighted by molar-refractivity contribution is 0.0733. The van der Waals surface area contributed by atoms with Gasteiger partial charge in [-0.05, 0) is 30.3 Å². The third-order valence-corrected chi connectivity index (χ3v) is 5.55. The van der Waals surface area contributed by atoms with Crippen LogP contribution in [-0.4, -0.2) is 37.3 Å². The predicted molar refractivity (Wildman–Crippen MR) is 112 cm³/mol. The van der Waals surface area contributed by atoms with Gasteiger partial charge in [0.05, 0.1) is 6.54 Å². The van der Waals surface area contributed by atoms with Gasteiger partial charge < -0.3 is 9.42 Å². The summed E-state index contributed by atoms with van der Waals surface area (Å²) in [5, 5.41) is 9.05. The number of hydrogen-bond donors (Lipinski definition) is 0. The number of nitrogens with zero attached hydrogens (tertiary/aromatic N) is 5. The maximum Gasteiger partial charge on any atom is 0.279 e. The second-order valence-electron chi connectivity index (χ2n) is 7.32. The van der Waals surface area contributed by atoms with Crippen LogP contribution in [0, 0.1) is 5.82 Å². The Balaban J connectivity index is 1.47. The number of aryl methyl sites for hydroxylation is 1. The summed E-state index contributed by atoms with van der Waals surface area (Å²) < 4.78 is 20.8. The lowest BCUT2D eigenvalue weighted by Gasteiger charge is -2.27. The molecule has 0 saturated carbocycles. The predicted octanol–water partition coefficient (Wildman–Crippen LogP) is 4.13. The van der Waals surface area contributed by atoms with Crippen LogP contribution in [-0.2, 0) is 20.0 Å². The van der Waals surface area contributed by atoms with Crippen LogP contribution in [0.1, 0.15) is 21.6 Å². The van der Waals surface area contributed by atoms with E-state index in [4.69, 9.17) is 16.1 Å². The number of rotatable bonds is 3. The highest BCUT2D eigenvalue weighted by molar-refractivity contribution is 6.30. The molecule has 5 rings (SSSR count). The van der Waals surface area contributed by atoms with E-state index in [0.717, 1.165) is 11.3 Å². The Morgan fingerprint density at radius 2 is 2.03 bits per heavy atom. The summed E-state index contributed by atoms with van der Waals surface area (Å²) >= 11 is 6.04. The highest BCUT2D eigenvalue weighted by atomic mass is 35.5. The number of fused-ring (bicyclic) bond motifs is 1. The summed E-state index contributed by atoms with van der Waals surface area (Å²) in [5.74, 6) is 0.0212. The third kappa shape index (κ3) is 3.59. The van der Waals surface area contributed by atoms with Crippen molar-refractivity contribution >= 4 is 17.5 Å². The van der Waals surface area contributed by atoms with Crippen molar-refractivity contribution in [3.05, 3.63) is 76.2 Å². The van der Waals surface area contributed by atoms with Gasteiger partial charge in [-0.3, -0.25) is 9.48 Å². The van der Waals surface area contributed by atoms with Gasteiger partial charge in [0, 0.05) is 47.4 Å². The normalized spacial score (nSPS) is 13.3. The van der Waals surface area contributed by atoms with Crippen molar-refractivity contribution in [2.45, 2.75) is 13.0 Å². The topological polar surface area (TPSA) is 77.1 Å². The summed E-state index contributed by atoms with van der Waals surface area (Å²) in [5.41, 5.74) is 3.44. The van der Waals surface area contributed by atoms with E-state index >= 15 is 0 Å². The van der Waals surface area contributed by atoms with E-state index in [1.54, 1.807) is 46.0 Å². The minimum atomic E-state index is -0.380. The monoisotopic (exact) mass is 437 g/mol. The summed E-state index contributed by atoms with van der Waals surface area (Å²) in [6.07, 6.45) is 0.649. The molecule has 1 aliphatic rings. The fraction of sp³-hybridized carbons (Fsp3) is 0.182. The van der Waals surface area contributed by atoms with E-state index in [9.17, 15) is 9.18 Å². The molecule has 0 atom stereocenters. The molecule has 2 aromatic heterocycles. The molecule has 9 heteroatoms. The highest BCUT2D eigenvalue weighted by Gasteiger charge is 2.30. The SMILES string of the molecule is Cn1nc(-c2nc(-c3cccc(F)c3)no2)c2c1CCN(C(=O)c1cccc(Cl)c1)C2. The molecule has 4 aromatic rings. The summed E-state index contributed by atoms with van der Waals surface area (Å²) in [7, 11) is 1.85. The average Bonchev–Trinajstić information content (AvgIpc) is 3.38. The van der Waals surface area contributed by atoms with Gasteiger partial charge in [-0.15, -0.1) is 0 Å². The van der Waals surface area contributed by atoms with Crippen LogP contribution in [0.2, 0.25) is 5.02 Å². The van der Waals surface area contributed by atoms with Gasteiger partial charge in [-0.2, -0.15) is 10.1 Å². The maximum absolute atomic E-state index is 13.5. The molecule has 7 nitrogen and oxygen atoms in total. The van der Waals surface area contributed by atoms with Crippen molar-refractivity contribution in [3.8, 4) is 23.0 Å². The van der Waals surface area contributed by atoms with Crippen LogP contribution in [0.15, 0.2) is 53.1 Å². The number of aromatic nitrogens is 4. The van der Waals surface area contributed by atoms with E-state index < -0.39 is 0 Å². The molecule has 0 bridgehead atoms. The Labute approximate surface area is 182 Å². The molecule has 0 radical (unpaired) electrons. The van der Waals surface area contributed by atoms with E-state index in [1.807, 2.05) is 7.05 Å². The van der Waals surface area contributed by atoms with Crippen LogP contribution >= 0.6 is 11.6 Å². The molecular formula is C22H17ClFN5O2. The molecule has 1 aliphatic heterocycles. The zero-order valence-corrected chi connectivity index (χ0v) is 17.3. The Bertz CT molecular complexity index is 1300. The standard InChI is InChI=1S/C22H17ClFN5O2/c1-28-18-8-9-29(22(30)14-5-2-6-15(23)10-14)12-17(18)19(26-28)21-25-20(27-31-21)13-4-3-7-16(24)11-13/h2-7,10-11H,8-9,12H2,1H3. The van der Waals surface area contributed by atoms with Crippen molar-refractivity contribution in [3.63, 3.8) is 0 Å². The average molecular weight is 438 g/mol. The Hall–Kier alpha value is -3.52. The molecular weight excluding hydrogens is 421 g/mol. The van der Waals surface area contributed by atoms with Crippen molar-refractivity contribution < 1.29 is 13.7 Å². The van der Waals surface area contributed by atoms with Gasteiger partial charge in [0.1, 0.15) is 5.82 Å². The van der Waals surface area contributed by atoms with Crippen LogP contribution < -0.4 is 0 Å². The van der Waals surface area contributed by atoms with Gasteiger partial charge in [0.15, 0.2) is 5.69 Å². The summed E-state index contributed by atoms with van der Waals surface area (Å²) in [6, 6.07) is 12.9. The van der Waals surface area contributed by atoms with Crippen LogP contribution in [0.3, 0.4) is 0 Å². The van der Waals surface area contributed by atoms with E-state index in [0.29, 0.717) is 41.4 Å². The molecule has 31 heavy (non-hydrogen) atoms. The number of hydrogen-bond acceptors (Lipinski definition) is 5. The Morgan fingerprint density at radius 1 is 1.19 bits per heavy atom. The van der Waals surface area contributed by atoms with E-state index in [-0.39, 0.29) is 23.4 Å². The van der Waals surface area contributed by atoms with Gasteiger partial charge in [-0.25, -0.2) is 4.39 Å². The Morgan fingerprint density at radius 3 is 2.84 bits per heavy atom. The number of carbonyl (C=O) groups excluding carboxylic acids is 1. The minimum Gasteiger partial charge on any atom is -0.334 e. The second kappa shape index (κ2) is 7.63. The van der Waals surface area contributed by atoms with Gasteiger partial charge in [0.2, 0.25) is 5.82 Å². The number of carbonyl (C=O) groups is 1. The van der Waals surface area contributed by atoms with Gasteiger partial charge in [-0.1, -0.05) is 35.0 Å². The molecule has 0 N–H and O–H groups in total. The van der Waals surface area contributed by atoms with E-state index in [1.165, 1.54) is 12.1 Å². The molecule has 156 valence electrons. The molecule has 0 saturated heterocycles. The van der Waals surface area contributed by atoms with Crippen molar-refractivity contribution in [2.24, 2.45) is 7.05 Å². The molecule has 0 spiro atoms. The molecule has 0 aliphatic carbocycles. The molecule has 3 heterocycles. The van der Waals surface area contributed by atoms with Crippen molar-refractivity contribution in [1.29, 1.82) is 0 Å². The molecule has 2 aromatic carbocycles. The summed E-state index contributed by atoms with van der Waals surface area (Å²) in [4.78, 5) is 19.2. The zero-order chi connectivity index (χ0) is 21.5. The molecule has 0 fully saturated rings. The first-order chi connectivity index (χ1) is 15.0. The largest absolute Gasteiger partial charge is 0.334 e. The smallest absolute Gasteiger partial charge is 0.279 e. The molecule has 1 amide bonds. The van der Waals surface area contributed by atoms with Crippen LogP contribution in [0.25, 0.3) is 23.0 Å². The first-order valence-electron chi connectivity index (χ1n) is 9.69. The Kier molecular flexibility index (Phi) is 4.78. The lowest BCUT2D eigenvalue weighted by atomic mass is 10.0. The van der Waals surface area contributed by atoms with Crippen LogP contribution in [0.5, 0.6) is 0 Å². The lowest BCUT2D eigenvalue weighted by Crippen LogP contribution is -2.36.